The third kappa shape index (κ3) is 2.37. The summed E-state index contributed by atoms with van der Waals surface area (Å²) in [5.74, 6) is 0.638. The lowest BCUT2D eigenvalue weighted by atomic mass is 10.1. The Balaban J connectivity index is 2.18. The maximum atomic E-state index is 12.9. The van der Waals surface area contributed by atoms with Gasteiger partial charge in [-0.15, -0.1) is 0 Å². The largest absolute Gasteiger partial charge is 0.309 e. The monoisotopic (exact) mass is 304 g/mol. The molecule has 1 fully saturated rings. The van der Waals surface area contributed by atoms with Crippen LogP contribution in [0.5, 0.6) is 0 Å². The zero-order chi connectivity index (χ0) is 15.0. The van der Waals surface area contributed by atoms with Crippen molar-refractivity contribution in [3.8, 4) is 11.4 Å². The molecule has 21 heavy (non-hydrogen) atoms. The Labute approximate surface area is 128 Å². The predicted octanol–water partition coefficient (Wildman–Crippen LogP) is 3.21. The minimum absolute atomic E-state index is 0.0469. The molecule has 2 aromatic heterocycles. The number of aromatic amines is 1. The summed E-state index contributed by atoms with van der Waals surface area (Å²) in [5, 5.41) is 7.03. The Bertz CT molecular complexity index is 765. The van der Waals surface area contributed by atoms with E-state index >= 15 is 0 Å². The lowest BCUT2D eigenvalue weighted by molar-refractivity contribution is 0.491. The van der Waals surface area contributed by atoms with E-state index < -0.39 is 0 Å². The smallest absolute Gasteiger partial charge is 0.262 e. The van der Waals surface area contributed by atoms with Crippen LogP contribution in [0, 0.1) is 11.7 Å². The van der Waals surface area contributed by atoms with Crippen LogP contribution in [0.3, 0.4) is 0 Å². The highest BCUT2D eigenvalue weighted by Gasteiger charge is 2.22. The maximum absolute atomic E-state index is 12.9. The summed E-state index contributed by atoms with van der Waals surface area (Å²) in [6, 6.07) is 4.20. The fourth-order valence-corrected chi connectivity index (χ4v) is 3.51. The molecule has 0 saturated heterocycles. The van der Waals surface area contributed by atoms with Gasteiger partial charge in [0.2, 0.25) is 0 Å². The quantitative estimate of drug-likeness (QED) is 0.886. The van der Waals surface area contributed by atoms with Crippen LogP contribution in [-0.4, -0.2) is 19.3 Å². The lowest BCUT2D eigenvalue weighted by Crippen LogP contribution is -2.27. The van der Waals surface area contributed by atoms with E-state index in [0.29, 0.717) is 28.7 Å². The predicted molar refractivity (Wildman–Crippen MR) is 85.0 cm³/mol. The SMILES string of the molecule is CCn1c(-c2ccc(C)n(C3CCCC3)c2=O)n[nH]c1=S. The Morgan fingerprint density at radius 3 is 2.76 bits per heavy atom. The zero-order valence-corrected chi connectivity index (χ0v) is 13.2. The minimum Gasteiger partial charge on any atom is -0.309 e. The van der Waals surface area contributed by atoms with Gasteiger partial charge in [-0.1, -0.05) is 12.8 Å². The van der Waals surface area contributed by atoms with Crippen LogP contribution < -0.4 is 5.56 Å². The second-order valence-electron chi connectivity index (χ2n) is 5.60. The molecule has 5 nitrogen and oxygen atoms in total. The van der Waals surface area contributed by atoms with Gasteiger partial charge in [-0.3, -0.25) is 9.89 Å². The van der Waals surface area contributed by atoms with Crippen molar-refractivity contribution in [2.45, 2.75) is 52.1 Å². The zero-order valence-electron chi connectivity index (χ0n) is 12.4. The van der Waals surface area contributed by atoms with Gasteiger partial charge in [0.1, 0.15) is 0 Å². The number of rotatable bonds is 3. The van der Waals surface area contributed by atoms with E-state index in [1.165, 1.54) is 12.8 Å². The number of aromatic nitrogens is 4. The number of nitrogens with one attached hydrogen (secondary N) is 1. The standard InChI is InChI=1S/C15H20N4OS/c1-3-18-13(16-17-15(18)21)12-9-8-10(2)19(14(12)20)11-6-4-5-7-11/h8-9,11H,3-7H2,1-2H3,(H,17,21). The van der Waals surface area contributed by atoms with E-state index in [2.05, 4.69) is 10.2 Å². The summed E-state index contributed by atoms with van der Waals surface area (Å²) < 4.78 is 4.36. The molecule has 2 heterocycles. The van der Waals surface area contributed by atoms with E-state index in [0.717, 1.165) is 18.5 Å². The molecule has 0 aliphatic heterocycles. The average molecular weight is 304 g/mol. The molecule has 6 heteroatoms. The molecule has 0 radical (unpaired) electrons. The van der Waals surface area contributed by atoms with Gasteiger partial charge >= 0.3 is 0 Å². The lowest BCUT2D eigenvalue weighted by Gasteiger charge is -2.18. The fraction of sp³-hybridized carbons (Fsp3) is 0.533. The molecule has 0 spiro atoms. The maximum Gasteiger partial charge on any atom is 0.262 e. The molecule has 3 rings (SSSR count). The summed E-state index contributed by atoms with van der Waals surface area (Å²) in [7, 11) is 0. The van der Waals surface area contributed by atoms with Crippen LogP contribution in [-0.2, 0) is 6.54 Å². The first-order valence-electron chi connectivity index (χ1n) is 7.51. The molecule has 1 N–H and O–H groups in total. The van der Waals surface area contributed by atoms with Gasteiger partial charge in [-0.05, 0) is 51.0 Å². The molecule has 0 amide bonds. The third-order valence-corrected chi connectivity index (χ3v) is 4.64. The number of nitrogens with zero attached hydrogens (tertiary/aromatic N) is 3. The molecule has 1 aliphatic rings. The van der Waals surface area contributed by atoms with Crippen LogP contribution in [0.25, 0.3) is 11.4 Å². The summed E-state index contributed by atoms with van der Waals surface area (Å²) in [4.78, 5) is 12.9. The number of pyridine rings is 1. The summed E-state index contributed by atoms with van der Waals surface area (Å²) >= 11 is 5.22. The van der Waals surface area contributed by atoms with Crippen LogP contribution in [0.15, 0.2) is 16.9 Å². The van der Waals surface area contributed by atoms with E-state index in [1.54, 1.807) is 0 Å². The summed E-state index contributed by atoms with van der Waals surface area (Å²) in [5.41, 5.74) is 1.69. The van der Waals surface area contributed by atoms with Crippen molar-refractivity contribution in [3.63, 3.8) is 0 Å². The normalized spacial score (nSPS) is 15.7. The van der Waals surface area contributed by atoms with Gasteiger partial charge in [0.05, 0.1) is 5.56 Å². The van der Waals surface area contributed by atoms with Gasteiger partial charge in [0, 0.05) is 18.3 Å². The van der Waals surface area contributed by atoms with Gasteiger partial charge in [0.25, 0.3) is 5.56 Å². The number of hydrogen-bond acceptors (Lipinski definition) is 3. The average Bonchev–Trinajstić information content (AvgIpc) is 3.09. The van der Waals surface area contributed by atoms with Crippen LogP contribution in [0.1, 0.15) is 44.3 Å². The molecule has 112 valence electrons. The van der Waals surface area contributed by atoms with Crippen molar-refractivity contribution in [1.29, 1.82) is 0 Å². The van der Waals surface area contributed by atoms with Crippen LogP contribution in [0.4, 0.5) is 0 Å². The topological polar surface area (TPSA) is 55.6 Å². The highest BCUT2D eigenvalue weighted by molar-refractivity contribution is 7.71. The Morgan fingerprint density at radius 1 is 1.38 bits per heavy atom. The first kappa shape index (κ1) is 14.3. The molecular weight excluding hydrogens is 284 g/mol. The van der Waals surface area contributed by atoms with E-state index in [-0.39, 0.29) is 5.56 Å². The van der Waals surface area contributed by atoms with E-state index in [9.17, 15) is 4.79 Å². The molecule has 1 saturated carbocycles. The minimum atomic E-state index is 0.0469. The molecule has 2 aromatic rings. The molecule has 0 atom stereocenters. The second-order valence-corrected chi connectivity index (χ2v) is 5.99. The highest BCUT2D eigenvalue weighted by Crippen LogP contribution is 2.29. The third-order valence-electron chi connectivity index (χ3n) is 4.33. The Morgan fingerprint density at radius 2 is 2.10 bits per heavy atom. The van der Waals surface area contributed by atoms with Crippen molar-refractivity contribution >= 4 is 12.2 Å². The number of hydrogen-bond donors (Lipinski definition) is 1. The van der Waals surface area contributed by atoms with Crippen molar-refractivity contribution in [3.05, 3.63) is 33.0 Å². The van der Waals surface area contributed by atoms with Gasteiger partial charge in [-0.2, -0.15) is 5.10 Å². The molecular formula is C15H20N4OS. The summed E-state index contributed by atoms with van der Waals surface area (Å²) in [6.45, 7) is 4.69. The summed E-state index contributed by atoms with van der Waals surface area (Å²) in [6.07, 6.45) is 4.58. The van der Waals surface area contributed by atoms with Crippen LogP contribution in [0.2, 0.25) is 0 Å². The van der Waals surface area contributed by atoms with Crippen molar-refractivity contribution in [2.24, 2.45) is 0 Å². The van der Waals surface area contributed by atoms with Crippen molar-refractivity contribution in [1.82, 2.24) is 19.3 Å². The molecule has 1 aliphatic carbocycles. The van der Waals surface area contributed by atoms with Crippen LogP contribution >= 0.6 is 12.2 Å². The molecule has 0 unspecified atom stereocenters. The molecule has 0 aromatic carbocycles. The van der Waals surface area contributed by atoms with E-state index in [1.807, 2.05) is 35.1 Å². The Kier molecular flexibility index (Phi) is 3.80. The van der Waals surface area contributed by atoms with E-state index in [4.69, 9.17) is 12.2 Å². The molecule has 0 bridgehead atoms. The van der Waals surface area contributed by atoms with Gasteiger partial charge in [0.15, 0.2) is 10.6 Å². The first-order chi connectivity index (χ1) is 10.1. The first-order valence-corrected chi connectivity index (χ1v) is 7.92. The number of aryl methyl sites for hydroxylation is 1. The van der Waals surface area contributed by atoms with Gasteiger partial charge in [-0.25, -0.2) is 0 Å². The highest BCUT2D eigenvalue weighted by atomic mass is 32.1. The van der Waals surface area contributed by atoms with Crippen molar-refractivity contribution < 1.29 is 0 Å². The van der Waals surface area contributed by atoms with Crippen molar-refractivity contribution in [2.75, 3.05) is 0 Å². The van der Waals surface area contributed by atoms with Gasteiger partial charge < -0.3 is 9.13 Å². The fourth-order valence-electron chi connectivity index (χ4n) is 3.25. The second kappa shape index (κ2) is 5.60. The number of H-pyrrole nitrogens is 1. The Hall–Kier alpha value is -1.69.